The van der Waals surface area contributed by atoms with Gasteiger partial charge >= 0.3 is 0 Å². The van der Waals surface area contributed by atoms with Crippen LogP contribution in [-0.4, -0.2) is 25.7 Å². The van der Waals surface area contributed by atoms with Crippen LogP contribution in [0.15, 0.2) is 12.1 Å². The van der Waals surface area contributed by atoms with Crippen molar-refractivity contribution in [2.45, 2.75) is 25.3 Å². The summed E-state index contributed by atoms with van der Waals surface area (Å²) < 4.78 is 29.0. The molecule has 6 heteroatoms. The van der Waals surface area contributed by atoms with Gasteiger partial charge in [0.2, 0.25) is 0 Å². The molecule has 1 aromatic heterocycles. The number of ether oxygens (including phenoxy) is 1. The summed E-state index contributed by atoms with van der Waals surface area (Å²) >= 11 is 7.26. The highest BCUT2D eigenvalue weighted by atomic mass is 35.5. The molecule has 0 saturated heterocycles. The normalized spacial score (nSPS) is 13.3. The van der Waals surface area contributed by atoms with Crippen molar-refractivity contribution in [1.82, 2.24) is 0 Å². The number of hydrogen-bond acceptors (Lipinski definition) is 3. The molecule has 0 bridgehead atoms. The van der Waals surface area contributed by atoms with Crippen LogP contribution in [0.5, 0.6) is 0 Å². The summed E-state index contributed by atoms with van der Waals surface area (Å²) in [6, 6.07) is 3.67. The topological polar surface area (TPSA) is 35.2 Å². The molecule has 0 saturated carbocycles. The first kappa shape index (κ1) is 13.8. The Kier molecular flexibility index (Phi) is 6.20. The van der Waals surface area contributed by atoms with Gasteiger partial charge in [0, 0.05) is 17.5 Å². The molecule has 1 aromatic rings. The molecule has 1 rings (SSSR count). The smallest absolute Gasteiger partial charge is 0.261 e. The molecule has 1 heterocycles. The van der Waals surface area contributed by atoms with Gasteiger partial charge in [-0.25, -0.2) is 8.78 Å². The van der Waals surface area contributed by atoms with E-state index in [4.69, 9.17) is 22.1 Å². The fraction of sp³-hybridized carbons (Fsp3) is 0.600. The van der Waals surface area contributed by atoms with Gasteiger partial charge in [0.1, 0.15) is 6.61 Å². The third kappa shape index (κ3) is 5.75. The summed E-state index contributed by atoms with van der Waals surface area (Å²) in [5, 5.41) is 0. The van der Waals surface area contributed by atoms with Crippen LogP contribution in [0.1, 0.15) is 11.3 Å². The largest absolute Gasteiger partial charge is 0.375 e. The van der Waals surface area contributed by atoms with E-state index < -0.39 is 13.0 Å². The van der Waals surface area contributed by atoms with Crippen LogP contribution in [0.25, 0.3) is 0 Å². The monoisotopic (exact) mass is 269 g/mol. The van der Waals surface area contributed by atoms with Crippen LogP contribution in [0.4, 0.5) is 8.78 Å². The zero-order valence-electron chi connectivity index (χ0n) is 8.67. The summed E-state index contributed by atoms with van der Waals surface area (Å²) in [5.74, 6) is 0. The molecule has 1 atom stereocenters. The second kappa shape index (κ2) is 7.17. The molecule has 0 aliphatic carbocycles. The Morgan fingerprint density at radius 2 is 2.19 bits per heavy atom. The van der Waals surface area contributed by atoms with Gasteiger partial charge in [0.15, 0.2) is 0 Å². The number of thiophene rings is 1. The quantitative estimate of drug-likeness (QED) is 0.773. The van der Waals surface area contributed by atoms with E-state index in [0.29, 0.717) is 12.8 Å². The molecular formula is C10H14ClF2NOS. The van der Waals surface area contributed by atoms with Crippen LogP contribution in [-0.2, 0) is 11.2 Å². The maximum Gasteiger partial charge on any atom is 0.261 e. The van der Waals surface area contributed by atoms with Gasteiger partial charge in [-0.3, -0.25) is 0 Å². The van der Waals surface area contributed by atoms with Crippen molar-refractivity contribution < 1.29 is 13.5 Å². The van der Waals surface area contributed by atoms with Crippen LogP contribution >= 0.6 is 22.9 Å². The number of halogens is 3. The molecule has 2 N–H and O–H groups in total. The first-order valence-electron chi connectivity index (χ1n) is 4.93. The Bertz CT molecular complexity index is 309. The number of nitrogens with two attached hydrogens (primary N) is 1. The first-order valence-corrected chi connectivity index (χ1v) is 6.13. The average Bonchev–Trinajstić information content (AvgIpc) is 2.58. The molecule has 0 amide bonds. The number of hydrogen-bond donors (Lipinski definition) is 1. The van der Waals surface area contributed by atoms with Crippen molar-refractivity contribution in [2.24, 2.45) is 5.73 Å². The standard InChI is InChI=1S/C10H14ClF2NOS/c11-9-2-1-8(16-9)5-7(14)3-4-15-6-10(12)13/h1-2,7,10H,3-6,14H2. The predicted molar refractivity (Wildman–Crippen MR) is 62.4 cm³/mol. The third-order valence-electron chi connectivity index (χ3n) is 1.97. The molecule has 2 nitrogen and oxygen atoms in total. The van der Waals surface area contributed by atoms with Crippen molar-refractivity contribution in [1.29, 1.82) is 0 Å². The molecule has 16 heavy (non-hydrogen) atoms. The Morgan fingerprint density at radius 1 is 1.44 bits per heavy atom. The lowest BCUT2D eigenvalue weighted by Crippen LogP contribution is -2.24. The van der Waals surface area contributed by atoms with Gasteiger partial charge in [0.25, 0.3) is 6.43 Å². The molecule has 0 spiro atoms. The minimum absolute atomic E-state index is 0.0765. The van der Waals surface area contributed by atoms with E-state index in [1.807, 2.05) is 12.1 Å². The van der Waals surface area contributed by atoms with Gasteiger partial charge in [-0.2, -0.15) is 0 Å². The molecule has 0 fully saturated rings. The van der Waals surface area contributed by atoms with Gasteiger partial charge < -0.3 is 10.5 Å². The molecule has 92 valence electrons. The predicted octanol–water partition coefficient (Wildman–Crippen LogP) is 2.94. The van der Waals surface area contributed by atoms with Crippen LogP contribution in [0, 0.1) is 0 Å². The van der Waals surface area contributed by atoms with Crippen molar-refractivity contribution in [3.63, 3.8) is 0 Å². The molecular weight excluding hydrogens is 256 g/mol. The minimum Gasteiger partial charge on any atom is -0.375 e. The van der Waals surface area contributed by atoms with Crippen LogP contribution in [0.3, 0.4) is 0 Å². The Labute approximate surface area is 102 Å². The van der Waals surface area contributed by atoms with Gasteiger partial charge in [0.05, 0.1) is 4.34 Å². The van der Waals surface area contributed by atoms with E-state index in [-0.39, 0.29) is 12.6 Å². The highest BCUT2D eigenvalue weighted by Crippen LogP contribution is 2.22. The van der Waals surface area contributed by atoms with Crippen molar-refractivity contribution in [3.8, 4) is 0 Å². The van der Waals surface area contributed by atoms with E-state index in [0.717, 1.165) is 9.21 Å². The van der Waals surface area contributed by atoms with Crippen LogP contribution in [0.2, 0.25) is 4.34 Å². The van der Waals surface area contributed by atoms with Gasteiger partial charge in [-0.15, -0.1) is 11.3 Å². The maximum absolute atomic E-state index is 11.7. The molecule has 0 radical (unpaired) electrons. The van der Waals surface area contributed by atoms with E-state index in [1.165, 1.54) is 11.3 Å². The lowest BCUT2D eigenvalue weighted by molar-refractivity contribution is 0.0153. The Balaban J connectivity index is 2.13. The molecule has 1 unspecified atom stereocenters. The fourth-order valence-electron chi connectivity index (χ4n) is 1.23. The Morgan fingerprint density at radius 3 is 2.75 bits per heavy atom. The summed E-state index contributed by atoms with van der Waals surface area (Å²) in [6.07, 6.45) is -1.13. The maximum atomic E-state index is 11.7. The lowest BCUT2D eigenvalue weighted by Gasteiger charge is -2.10. The second-order valence-electron chi connectivity index (χ2n) is 3.42. The summed E-state index contributed by atoms with van der Waals surface area (Å²) in [7, 11) is 0. The Hall–Kier alpha value is -0.230. The summed E-state index contributed by atoms with van der Waals surface area (Å²) in [5.41, 5.74) is 5.83. The lowest BCUT2D eigenvalue weighted by atomic mass is 10.1. The molecule has 0 aliphatic rings. The zero-order valence-corrected chi connectivity index (χ0v) is 10.2. The SMILES string of the molecule is NC(CCOCC(F)F)Cc1ccc(Cl)s1. The number of alkyl halides is 2. The fourth-order valence-corrected chi connectivity index (χ4v) is 2.41. The number of rotatable bonds is 7. The third-order valence-corrected chi connectivity index (χ3v) is 3.22. The van der Waals surface area contributed by atoms with E-state index in [1.54, 1.807) is 0 Å². The minimum atomic E-state index is -2.41. The molecule has 0 aromatic carbocycles. The zero-order chi connectivity index (χ0) is 12.0. The molecule has 0 aliphatic heterocycles. The van der Waals surface area contributed by atoms with Gasteiger partial charge in [-0.1, -0.05) is 11.6 Å². The van der Waals surface area contributed by atoms with E-state index in [2.05, 4.69) is 0 Å². The van der Waals surface area contributed by atoms with Crippen molar-refractivity contribution in [3.05, 3.63) is 21.3 Å². The second-order valence-corrected chi connectivity index (χ2v) is 5.22. The first-order chi connectivity index (χ1) is 7.58. The summed E-state index contributed by atoms with van der Waals surface area (Å²) in [4.78, 5) is 1.10. The van der Waals surface area contributed by atoms with Gasteiger partial charge in [-0.05, 0) is 25.0 Å². The van der Waals surface area contributed by atoms with Crippen molar-refractivity contribution >= 4 is 22.9 Å². The van der Waals surface area contributed by atoms with E-state index in [9.17, 15) is 8.78 Å². The van der Waals surface area contributed by atoms with E-state index >= 15 is 0 Å². The highest BCUT2D eigenvalue weighted by Gasteiger charge is 2.07. The highest BCUT2D eigenvalue weighted by molar-refractivity contribution is 7.16. The van der Waals surface area contributed by atoms with Crippen molar-refractivity contribution in [2.75, 3.05) is 13.2 Å². The summed E-state index contributed by atoms with van der Waals surface area (Å²) in [6.45, 7) is -0.248. The van der Waals surface area contributed by atoms with Crippen LogP contribution < -0.4 is 5.73 Å². The average molecular weight is 270 g/mol.